The van der Waals surface area contributed by atoms with Crippen molar-refractivity contribution in [1.82, 2.24) is 10.6 Å². The van der Waals surface area contributed by atoms with Crippen LogP contribution in [0.25, 0.3) is 0 Å². The minimum atomic E-state index is -0.156. The van der Waals surface area contributed by atoms with Crippen LogP contribution in [0.1, 0.15) is 37.8 Å². The number of aliphatic hydroxyl groups is 1. The Morgan fingerprint density at radius 2 is 1.83 bits per heavy atom. The summed E-state index contributed by atoms with van der Waals surface area (Å²) in [5, 5.41) is 14.9. The zero-order chi connectivity index (χ0) is 13.4. The molecule has 0 fully saturated rings. The van der Waals surface area contributed by atoms with Crippen LogP contribution in [0.15, 0.2) is 24.3 Å². The van der Waals surface area contributed by atoms with Gasteiger partial charge in [0.1, 0.15) is 0 Å². The topological polar surface area (TPSA) is 61.4 Å². The van der Waals surface area contributed by atoms with Crippen LogP contribution < -0.4 is 10.6 Å². The minimum absolute atomic E-state index is 0.00792. The molecule has 4 heteroatoms. The molecule has 0 unspecified atom stereocenters. The maximum atomic E-state index is 11.7. The van der Waals surface area contributed by atoms with Crippen molar-refractivity contribution >= 4 is 6.03 Å². The van der Waals surface area contributed by atoms with Crippen LogP contribution in [-0.4, -0.2) is 17.2 Å². The molecule has 0 atom stereocenters. The molecule has 0 spiro atoms. The van der Waals surface area contributed by atoms with Crippen molar-refractivity contribution in [3.63, 3.8) is 0 Å². The number of carbonyl (C=O) groups excluding carboxylic acids is 1. The van der Waals surface area contributed by atoms with Crippen LogP contribution in [0.3, 0.4) is 0 Å². The lowest BCUT2D eigenvalue weighted by Crippen LogP contribution is -2.41. The van der Waals surface area contributed by atoms with Crippen molar-refractivity contribution in [3.05, 3.63) is 35.4 Å². The Bertz CT molecular complexity index is 376. The summed E-state index contributed by atoms with van der Waals surface area (Å²) in [6.07, 6.45) is 1.86. The van der Waals surface area contributed by atoms with Gasteiger partial charge in [-0.1, -0.05) is 38.1 Å². The summed E-state index contributed by atoms with van der Waals surface area (Å²) < 4.78 is 0. The number of amides is 2. The second-order valence-electron chi connectivity index (χ2n) is 4.27. The van der Waals surface area contributed by atoms with Gasteiger partial charge in [-0.15, -0.1) is 0 Å². The number of aliphatic hydroxyl groups excluding tert-OH is 1. The lowest BCUT2D eigenvalue weighted by Gasteiger charge is -2.16. The van der Waals surface area contributed by atoms with Gasteiger partial charge in [-0.25, -0.2) is 4.79 Å². The van der Waals surface area contributed by atoms with Crippen LogP contribution in [0, 0.1) is 0 Å². The molecule has 4 nitrogen and oxygen atoms in total. The van der Waals surface area contributed by atoms with E-state index in [1.165, 1.54) is 0 Å². The smallest absolute Gasteiger partial charge is 0.315 e. The molecule has 0 radical (unpaired) electrons. The molecule has 100 valence electrons. The number of nitrogens with one attached hydrogen (secondary N) is 2. The summed E-state index contributed by atoms with van der Waals surface area (Å²) in [4.78, 5) is 11.7. The normalized spacial score (nSPS) is 10.4. The first-order chi connectivity index (χ1) is 8.71. The summed E-state index contributed by atoms with van der Waals surface area (Å²) in [7, 11) is 0. The highest BCUT2D eigenvalue weighted by Crippen LogP contribution is 2.08. The number of rotatable bonds is 6. The van der Waals surface area contributed by atoms with E-state index >= 15 is 0 Å². The van der Waals surface area contributed by atoms with Crippen molar-refractivity contribution in [1.29, 1.82) is 0 Å². The molecular formula is C14H22N2O2. The first kappa shape index (κ1) is 14.5. The molecule has 2 amide bonds. The molecule has 0 heterocycles. The van der Waals surface area contributed by atoms with Crippen LogP contribution in [-0.2, 0) is 13.2 Å². The summed E-state index contributed by atoms with van der Waals surface area (Å²) >= 11 is 0. The van der Waals surface area contributed by atoms with Gasteiger partial charge in [-0.2, -0.15) is 0 Å². The average Bonchev–Trinajstić information content (AvgIpc) is 2.42. The summed E-state index contributed by atoms with van der Waals surface area (Å²) in [5.41, 5.74) is 1.79. The highest BCUT2D eigenvalue weighted by Gasteiger charge is 2.08. The molecule has 0 aliphatic heterocycles. The van der Waals surface area contributed by atoms with Crippen LogP contribution in [0.4, 0.5) is 4.79 Å². The molecule has 0 aliphatic carbocycles. The Morgan fingerprint density at radius 1 is 1.22 bits per heavy atom. The van der Waals surface area contributed by atoms with Gasteiger partial charge in [-0.05, 0) is 24.0 Å². The quantitative estimate of drug-likeness (QED) is 0.724. The molecule has 0 saturated carbocycles. The lowest BCUT2D eigenvalue weighted by molar-refractivity contribution is 0.235. The fourth-order valence-corrected chi connectivity index (χ4v) is 1.79. The lowest BCUT2D eigenvalue weighted by atomic mass is 10.1. The average molecular weight is 250 g/mol. The molecule has 0 saturated heterocycles. The van der Waals surface area contributed by atoms with E-state index in [4.69, 9.17) is 0 Å². The van der Waals surface area contributed by atoms with Crippen molar-refractivity contribution in [2.45, 2.75) is 45.9 Å². The van der Waals surface area contributed by atoms with Crippen molar-refractivity contribution in [3.8, 4) is 0 Å². The van der Waals surface area contributed by atoms with Gasteiger partial charge in [0.2, 0.25) is 0 Å². The van der Waals surface area contributed by atoms with Crippen LogP contribution in [0.2, 0.25) is 0 Å². The fourth-order valence-electron chi connectivity index (χ4n) is 1.79. The standard InChI is InChI=1S/C14H22N2O2/c1-3-13(4-2)16-14(18)15-9-11-7-5-6-8-12(11)10-17/h5-8,13,17H,3-4,9-10H2,1-2H3,(H2,15,16,18). The monoisotopic (exact) mass is 250 g/mol. The highest BCUT2D eigenvalue weighted by molar-refractivity contribution is 5.74. The van der Waals surface area contributed by atoms with Gasteiger partial charge in [-0.3, -0.25) is 0 Å². The summed E-state index contributed by atoms with van der Waals surface area (Å²) in [6, 6.07) is 7.60. The van der Waals surface area contributed by atoms with Gasteiger partial charge in [0.05, 0.1) is 6.61 Å². The van der Waals surface area contributed by atoms with Crippen molar-refractivity contribution in [2.75, 3.05) is 0 Å². The molecular weight excluding hydrogens is 228 g/mol. The van der Waals surface area contributed by atoms with Gasteiger partial charge in [0.25, 0.3) is 0 Å². The van der Waals surface area contributed by atoms with Crippen LogP contribution in [0.5, 0.6) is 0 Å². The second kappa shape index (κ2) is 7.71. The van der Waals surface area contributed by atoms with E-state index in [-0.39, 0.29) is 18.7 Å². The third-order valence-electron chi connectivity index (χ3n) is 3.05. The Balaban J connectivity index is 2.47. The van der Waals surface area contributed by atoms with Gasteiger partial charge >= 0.3 is 6.03 Å². The predicted octanol–water partition coefficient (Wildman–Crippen LogP) is 2.17. The van der Waals surface area contributed by atoms with E-state index in [1.54, 1.807) is 0 Å². The fraction of sp³-hybridized carbons (Fsp3) is 0.500. The summed E-state index contributed by atoms with van der Waals surface area (Å²) in [6.45, 7) is 4.53. The molecule has 1 rings (SSSR count). The number of benzene rings is 1. The van der Waals surface area contributed by atoms with Crippen molar-refractivity contribution in [2.24, 2.45) is 0 Å². The zero-order valence-corrected chi connectivity index (χ0v) is 11.1. The zero-order valence-electron chi connectivity index (χ0n) is 11.1. The highest BCUT2D eigenvalue weighted by atomic mass is 16.3. The van der Waals surface area contributed by atoms with Crippen molar-refractivity contribution < 1.29 is 9.90 Å². The van der Waals surface area contributed by atoms with E-state index in [2.05, 4.69) is 24.5 Å². The van der Waals surface area contributed by atoms with Gasteiger partial charge in [0, 0.05) is 12.6 Å². The van der Waals surface area contributed by atoms with E-state index < -0.39 is 0 Å². The van der Waals surface area contributed by atoms with Gasteiger partial charge < -0.3 is 15.7 Å². The molecule has 0 bridgehead atoms. The molecule has 0 aliphatic rings. The third kappa shape index (κ3) is 4.37. The van der Waals surface area contributed by atoms with E-state index in [0.717, 1.165) is 24.0 Å². The Kier molecular flexibility index (Phi) is 6.22. The number of carbonyl (C=O) groups is 1. The number of hydrogen-bond donors (Lipinski definition) is 3. The third-order valence-corrected chi connectivity index (χ3v) is 3.05. The Labute approximate surface area is 108 Å². The van der Waals surface area contributed by atoms with Crippen LogP contribution >= 0.6 is 0 Å². The maximum Gasteiger partial charge on any atom is 0.315 e. The largest absolute Gasteiger partial charge is 0.392 e. The molecule has 3 N–H and O–H groups in total. The van der Waals surface area contributed by atoms with E-state index in [9.17, 15) is 9.90 Å². The number of urea groups is 1. The Morgan fingerprint density at radius 3 is 2.39 bits per heavy atom. The SMILES string of the molecule is CCC(CC)NC(=O)NCc1ccccc1CO. The minimum Gasteiger partial charge on any atom is -0.392 e. The number of hydrogen-bond acceptors (Lipinski definition) is 2. The molecule has 1 aromatic rings. The first-order valence-electron chi connectivity index (χ1n) is 6.43. The predicted molar refractivity (Wildman–Crippen MR) is 72.1 cm³/mol. The van der Waals surface area contributed by atoms with E-state index in [0.29, 0.717) is 6.54 Å². The molecule has 0 aromatic heterocycles. The Hall–Kier alpha value is -1.55. The second-order valence-corrected chi connectivity index (χ2v) is 4.27. The van der Waals surface area contributed by atoms with E-state index in [1.807, 2.05) is 24.3 Å². The van der Waals surface area contributed by atoms with Gasteiger partial charge in [0.15, 0.2) is 0 Å². The first-order valence-corrected chi connectivity index (χ1v) is 6.43. The maximum absolute atomic E-state index is 11.7. The molecule has 18 heavy (non-hydrogen) atoms. The summed E-state index contributed by atoms with van der Waals surface area (Å²) in [5.74, 6) is 0. The molecule has 1 aromatic carbocycles.